The van der Waals surface area contributed by atoms with Crippen LogP contribution < -0.4 is 10.1 Å². The van der Waals surface area contributed by atoms with Crippen molar-refractivity contribution in [3.8, 4) is 11.4 Å². The molecule has 2 atom stereocenters. The number of aliphatic carboxylic acids is 1. The number of hydrogen-bond donors (Lipinski definition) is 2. The summed E-state index contributed by atoms with van der Waals surface area (Å²) in [5, 5.41) is 12.1. The zero-order valence-corrected chi connectivity index (χ0v) is 14.9. The Hall–Kier alpha value is -1.92. The van der Waals surface area contributed by atoms with E-state index in [0.29, 0.717) is 13.2 Å². The number of ether oxygens (including phenoxy) is 1. The number of carboxylic acids is 1. The Morgan fingerprint density at radius 1 is 1.38 bits per heavy atom. The Balaban J connectivity index is 1.88. The Bertz CT molecular complexity index is 739. The summed E-state index contributed by atoms with van der Waals surface area (Å²) in [6.45, 7) is 7.27. The largest absolute Gasteiger partial charge is 0.494 e. The van der Waals surface area contributed by atoms with Crippen molar-refractivity contribution in [3.05, 3.63) is 47.3 Å². The molecule has 1 fully saturated rings. The maximum atomic E-state index is 11.2. The van der Waals surface area contributed by atoms with Gasteiger partial charge in [-0.15, -0.1) is 11.8 Å². The lowest BCUT2D eigenvalue weighted by molar-refractivity contribution is -0.136. The van der Waals surface area contributed by atoms with Crippen molar-refractivity contribution in [1.82, 2.24) is 9.88 Å². The van der Waals surface area contributed by atoms with Crippen LogP contribution in [0.2, 0.25) is 0 Å². The fourth-order valence-corrected chi connectivity index (χ4v) is 4.33. The minimum absolute atomic E-state index is 0.0220. The summed E-state index contributed by atoms with van der Waals surface area (Å²) in [6.07, 6.45) is 0. The number of aryl methyl sites for hydroxylation is 1. The lowest BCUT2D eigenvalue weighted by Crippen LogP contribution is -2.21. The van der Waals surface area contributed by atoms with Crippen LogP contribution in [0.4, 0.5) is 0 Å². The van der Waals surface area contributed by atoms with Crippen LogP contribution in [-0.2, 0) is 4.79 Å². The van der Waals surface area contributed by atoms with E-state index >= 15 is 0 Å². The molecule has 3 rings (SSSR count). The minimum atomic E-state index is -0.754. The predicted molar refractivity (Wildman–Crippen MR) is 96.2 cm³/mol. The van der Waals surface area contributed by atoms with Crippen molar-refractivity contribution < 1.29 is 14.6 Å². The average Bonchev–Trinajstić information content (AvgIpc) is 3.14. The van der Waals surface area contributed by atoms with E-state index in [4.69, 9.17) is 4.74 Å². The lowest BCUT2D eigenvalue weighted by atomic mass is 10.2. The molecule has 128 valence electrons. The number of rotatable bonds is 5. The molecular formula is C18H22N2O3S. The van der Waals surface area contributed by atoms with Gasteiger partial charge < -0.3 is 14.4 Å². The van der Waals surface area contributed by atoms with E-state index in [1.807, 2.05) is 31.2 Å². The van der Waals surface area contributed by atoms with E-state index in [2.05, 4.69) is 29.8 Å². The molecule has 0 unspecified atom stereocenters. The van der Waals surface area contributed by atoms with Crippen molar-refractivity contribution >= 4 is 17.7 Å². The fourth-order valence-electron chi connectivity index (χ4n) is 3.11. The van der Waals surface area contributed by atoms with Crippen molar-refractivity contribution in [2.45, 2.75) is 31.4 Å². The third-order valence-corrected chi connectivity index (χ3v) is 5.61. The lowest BCUT2D eigenvalue weighted by Gasteiger charge is -2.13. The number of nitrogens with zero attached hydrogens (tertiary/aromatic N) is 1. The first-order chi connectivity index (χ1) is 11.5. The van der Waals surface area contributed by atoms with Gasteiger partial charge in [0.25, 0.3) is 0 Å². The van der Waals surface area contributed by atoms with E-state index in [-0.39, 0.29) is 10.6 Å². The standard InChI is InChI=1S/C18H22N2O3S/c1-4-23-14-7-5-13(6-8-14)20-11(2)9-15(12(20)3)17-19-10-16(24-17)18(21)22/h5-9,16-17,19H,4,10H2,1-3H3,(H,21,22)/t16-,17-/m1/s1. The molecule has 5 nitrogen and oxygen atoms in total. The normalized spacial score (nSPS) is 20.3. The molecule has 2 N–H and O–H groups in total. The van der Waals surface area contributed by atoms with Crippen molar-refractivity contribution in [2.24, 2.45) is 0 Å². The smallest absolute Gasteiger partial charge is 0.318 e. The zero-order valence-electron chi connectivity index (χ0n) is 14.1. The first kappa shape index (κ1) is 16.9. The van der Waals surface area contributed by atoms with Crippen LogP contribution in [0.25, 0.3) is 5.69 Å². The van der Waals surface area contributed by atoms with E-state index in [1.165, 1.54) is 11.8 Å². The Labute approximate surface area is 146 Å². The minimum Gasteiger partial charge on any atom is -0.494 e. The maximum absolute atomic E-state index is 11.2. The van der Waals surface area contributed by atoms with Gasteiger partial charge in [0.2, 0.25) is 0 Å². The number of carboxylic acid groups (broad SMARTS) is 1. The Kier molecular flexibility index (Phi) is 4.87. The van der Waals surface area contributed by atoms with E-state index in [0.717, 1.165) is 28.4 Å². The van der Waals surface area contributed by atoms with Crippen LogP contribution in [0.3, 0.4) is 0 Å². The van der Waals surface area contributed by atoms with Crippen LogP contribution in [0.5, 0.6) is 5.75 Å². The van der Waals surface area contributed by atoms with E-state index < -0.39 is 5.97 Å². The van der Waals surface area contributed by atoms with Crippen molar-refractivity contribution in [1.29, 1.82) is 0 Å². The summed E-state index contributed by atoms with van der Waals surface area (Å²) >= 11 is 1.47. The summed E-state index contributed by atoms with van der Waals surface area (Å²) < 4.78 is 7.70. The van der Waals surface area contributed by atoms with Gasteiger partial charge in [-0.3, -0.25) is 10.1 Å². The molecule has 0 bridgehead atoms. The van der Waals surface area contributed by atoms with E-state index in [9.17, 15) is 9.90 Å². The number of aromatic nitrogens is 1. The van der Waals surface area contributed by atoms with Gasteiger partial charge in [0.15, 0.2) is 0 Å². The molecular weight excluding hydrogens is 324 g/mol. The molecule has 1 aliphatic heterocycles. The molecule has 1 aliphatic rings. The third-order valence-electron chi connectivity index (χ3n) is 4.22. The second-order valence-corrected chi connectivity index (χ2v) is 7.15. The van der Waals surface area contributed by atoms with Gasteiger partial charge in [0, 0.05) is 29.2 Å². The molecule has 1 aromatic carbocycles. The van der Waals surface area contributed by atoms with Gasteiger partial charge in [-0.25, -0.2) is 0 Å². The van der Waals surface area contributed by atoms with Crippen molar-refractivity contribution in [2.75, 3.05) is 13.2 Å². The highest BCUT2D eigenvalue weighted by Crippen LogP contribution is 2.38. The number of benzene rings is 1. The molecule has 2 aromatic rings. The molecule has 0 radical (unpaired) electrons. The van der Waals surface area contributed by atoms with Gasteiger partial charge in [-0.05, 0) is 51.1 Å². The fraction of sp³-hybridized carbons (Fsp3) is 0.389. The summed E-state index contributed by atoms with van der Waals surface area (Å²) in [4.78, 5) is 11.2. The van der Waals surface area contributed by atoms with E-state index in [1.54, 1.807) is 0 Å². The Morgan fingerprint density at radius 2 is 2.08 bits per heavy atom. The molecule has 0 aliphatic carbocycles. The number of thioether (sulfide) groups is 1. The molecule has 0 amide bonds. The van der Waals surface area contributed by atoms with Gasteiger partial charge in [0.1, 0.15) is 11.0 Å². The first-order valence-corrected chi connectivity index (χ1v) is 8.99. The first-order valence-electron chi connectivity index (χ1n) is 8.05. The van der Waals surface area contributed by atoms with Crippen LogP contribution in [-0.4, -0.2) is 34.0 Å². The van der Waals surface area contributed by atoms with Crippen LogP contribution in [0.15, 0.2) is 30.3 Å². The maximum Gasteiger partial charge on any atom is 0.318 e. The molecule has 0 saturated carbocycles. The molecule has 1 aromatic heterocycles. The molecule has 6 heteroatoms. The highest BCUT2D eigenvalue weighted by molar-refractivity contribution is 8.01. The average molecular weight is 346 g/mol. The molecule has 2 heterocycles. The van der Waals surface area contributed by atoms with Crippen LogP contribution in [0, 0.1) is 13.8 Å². The number of carbonyl (C=O) groups is 1. The summed E-state index contributed by atoms with van der Waals surface area (Å²) in [5.74, 6) is 0.108. The van der Waals surface area contributed by atoms with Gasteiger partial charge in [-0.2, -0.15) is 0 Å². The second-order valence-electron chi connectivity index (χ2n) is 5.84. The second kappa shape index (κ2) is 6.91. The SMILES string of the molecule is CCOc1ccc(-n2c(C)cc([C@@H]3NC[C@H](C(=O)O)S3)c2C)cc1. The van der Waals surface area contributed by atoms with Gasteiger partial charge in [0.05, 0.1) is 12.0 Å². The Morgan fingerprint density at radius 3 is 2.67 bits per heavy atom. The summed E-state index contributed by atoms with van der Waals surface area (Å²) in [7, 11) is 0. The molecule has 1 saturated heterocycles. The van der Waals surface area contributed by atoms with Gasteiger partial charge >= 0.3 is 5.97 Å². The van der Waals surface area contributed by atoms with Crippen molar-refractivity contribution in [3.63, 3.8) is 0 Å². The summed E-state index contributed by atoms with van der Waals surface area (Å²) in [5.41, 5.74) is 4.49. The molecule has 24 heavy (non-hydrogen) atoms. The number of hydrogen-bond acceptors (Lipinski definition) is 4. The number of nitrogens with one attached hydrogen (secondary N) is 1. The quantitative estimate of drug-likeness (QED) is 0.870. The third kappa shape index (κ3) is 3.16. The highest BCUT2D eigenvalue weighted by atomic mass is 32.2. The van der Waals surface area contributed by atoms with Crippen LogP contribution >= 0.6 is 11.8 Å². The predicted octanol–water partition coefficient (Wildman–Crippen LogP) is 3.28. The highest BCUT2D eigenvalue weighted by Gasteiger charge is 2.32. The summed E-state index contributed by atoms with van der Waals surface area (Å²) in [6, 6.07) is 10.2. The monoisotopic (exact) mass is 346 g/mol. The van der Waals surface area contributed by atoms with Crippen LogP contribution in [0.1, 0.15) is 29.2 Å². The van der Waals surface area contributed by atoms with Gasteiger partial charge in [-0.1, -0.05) is 0 Å². The topological polar surface area (TPSA) is 63.5 Å². The zero-order chi connectivity index (χ0) is 17.3. The molecule has 0 spiro atoms.